The van der Waals surface area contributed by atoms with Crippen LogP contribution in [-0.4, -0.2) is 48.5 Å². The van der Waals surface area contributed by atoms with E-state index < -0.39 is 0 Å². The Hall–Kier alpha value is -1.43. The zero-order chi connectivity index (χ0) is 16.1. The smallest absolute Gasteiger partial charge is 0.239 e. The van der Waals surface area contributed by atoms with Crippen LogP contribution in [0.1, 0.15) is 37.7 Å². The van der Waals surface area contributed by atoms with E-state index >= 15 is 0 Å². The maximum Gasteiger partial charge on any atom is 0.239 e. The summed E-state index contributed by atoms with van der Waals surface area (Å²) in [4.78, 5) is 12.4. The van der Waals surface area contributed by atoms with Crippen LogP contribution in [0.5, 0.6) is 0 Å². The van der Waals surface area contributed by atoms with E-state index in [0.717, 1.165) is 32.2 Å². The third-order valence-electron chi connectivity index (χ3n) is 4.69. The van der Waals surface area contributed by atoms with E-state index in [0.29, 0.717) is 19.6 Å². The second kappa shape index (κ2) is 7.90. The summed E-state index contributed by atoms with van der Waals surface area (Å²) < 4.78 is 11.4. The van der Waals surface area contributed by atoms with Gasteiger partial charge in [0.05, 0.1) is 19.3 Å². The van der Waals surface area contributed by atoms with Crippen molar-refractivity contribution in [2.75, 3.05) is 20.3 Å². The summed E-state index contributed by atoms with van der Waals surface area (Å²) in [5.74, 6) is 0.179. The fraction of sp³-hybridized carbons (Fsp3) is 0.611. The number of amides is 1. The Morgan fingerprint density at radius 1 is 1.17 bits per heavy atom. The van der Waals surface area contributed by atoms with Crippen LogP contribution >= 0.6 is 0 Å². The first-order chi connectivity index (χ1) is 11.3. The Morgan fingerprint density at radius 2 is 2.00 bits per heavy atom. The molecule has 2 saturated heterocycles. The number of hydrazine groups is 1. The lowest BCUT2D eigenvalue weighted by Gasteiger charge is -2.42. The highest BCUT2D eigenvalue weighted by atomic mass is 16.5. The third kappa shape index (κ3) is 3.91. The minimum absolute atomic E-state index is 0.119. The molecule has 2 fully saturated rings. The fourth-order valence-electron chi connectivity index (χ4n) is 3.51. The van der Waals surface area contributed by atoms with Gasteiger partial charge in [0, 0.05) is 20.1 Å². The van der Waals surface area contributed by atoms with Crippen molar-refractivity contribution < 1.29 is 14.3 Å². The quantitative estimate of drug-likeness (QED) is 0.808. The van der Waals surface area contributed by atoms with Gasteiger partial charge in [0.2, 0.25) is 5.91 Å². The van der Waals surface area contributed by atoms with E-state index in [2.05, 4.69) is 17.1 Å². The average Bonchev–Trinajstić information content (AvgIpc) is 3.03. The van der Waals surface area contributed by atoms with Gasteiger partial charge in [-0.1, -0.05) is 30.3 Å². The minimum atomic E-state index is -0.119. The molecule has 5 heteroatoms. The number of carbonyl (C=O) groups is 1. The summed E-state index contributed by atoms with van der Waals surface area (Å²) >= 11 is 0. The summed E-state index contributed by atoms with van der Waals surface area (Å²) in [6.45, 7) is 2.17. The number of hydrogen-bond acceptors (Lipinski definition) is 4. The predicted molar refractivity (Wildman–Crippen MR) is 87.3 cm³/mol. The maximum absolute atomic E-state index is 12.4. The normalized spacial score (nSPS) is 26.0. The third-order valence-corrected chi connectivity index (χ3v) is 4.69. The van der Waals surface area contributed by atoms with Gasteiger partial charge in [-0.15, -0.1) is 0 Å². The largest absolute Gasteiger partial charge is 0.375 e. The van der Waals surface area contributed by atoms with Gasteiger partial charge >= 0.3 is 0 Å². The van der Waals surface area contributed by atoms with Gasteiger partial charge in [-0.2, -0.15) is 0 Å². The molecular weight excluding hydrogens is 292 g/mol. The van der Waals surface area contributed by atoms with Crippen LogP contribution in [-0.2, 0) is 20.9 Å². The Kier molecular flexibility index (Phi) is 5.65. The molecule has 0 spiro atoms. The van der Waals surface area contributed by atoms with Crippen LogP contribution in [0.4, 0.5) is 0 Å². The van der Waals surface area contributed by atoms with Gasteiger partial charge in [-0.05, 0) is 31.2 Å². The van der Waals surface area contributed by atoms with Crippen molar-refractivity contribution in [2.45, 2.75) is 51.0 Å². The van der Waals surface area contributed by atoms with Crippen LogP contribution in [0.25, 0.3) is 0 Å². The zero-order valence-electron chi connectivity index (χ0n) is 13.8. The molecule has 0 radical (unpaired) electrons. The molecule has 23 heavy (non-hydrogen) atoms. The van der Waals surface area contributed by atoms with E-state index in [1.54, 1.807) is 7.11 Å². The first-order valence-electron chi connectivity index (χ1n) is 8.52. The van der Waals surface area contributed by atoms with Crippen LogP contribution in [0, 0.1) is 0 Å². The summed E-state index contributed by atoms with van der Waals surface area (Å²) in [6, 6.07) is 10.5. The van der Waals surface area contributed by atoms with Crippen molar-refractivity contribution in [2.24, 2.45) is 0 Å². The van der Waals surface area contributed by atoms with E-state index in [1.807, 2.05) is 23.2 Å². The lowest BCUT2D eigenvalue weighted by atomic mass is 10.1. The molecule has 0 unspecified atom stereocenters. The molecule has 1 amide bonds. The predicted octanol–water partition coefficient (Wildman–Crippen LogP) is 2.57. The second-order valence-electron chi connectivity index (χ2n) is 6.28. The molecule has 0 saturated carbocycles. The summed E-state index contributed by atoms with van der Waals surface area (Å²) in [5, 5.41) is 4.04. The van der Waals surface area contributed by atoms with Gasteiger partial charge in [-0.25, -0.2) is 10.0 Å². The molecule has 2 aliphatic heterocycles. The van der Waals surface area contributed by atoms with Gasteiger partial charge in [0.1, 0.15) is 6.23 Å². The number of benzene rings is 1. The number of piperidine rings is 1. The molecule has 2 aliphatic rings. The number of ether oxygens (including phenoxy) is 2. The number of carbonyl (C=O) groups excluding carboxylic acids is 1. The highest BCUT2D eigenvalue weighted by molar-refractivity contribution is 5.76. The molecular formula is C18H26N2O3. The molecule has 2 heterocycles. The summed E-state index contributed by atoms with van der Waals surface area (Å²) in [6.07, 6.45) is 4.49. The number of nitrogens with zero attached hydrogens (tertiary/aromatic N) is 2. The zero-order valence-corrected chi connectivity index (χ0v) is 13.8. The Balaban J connectivity index is 1.57. The van der Waals surface area contributed by atoms with Gasteiger partial charge in [-0.3, -0.25) is 4.79 Å². The Labute approximate surface area is 138 Å². The van der Waals surface area contributed by atoms with Crippen LogP contribution in [0.2, 0.25) is 0 Å². The maximum atomic E-state index is 12.4. The Morgan fingerprint density at radius 3 is 2.78 bits per heavy atom. The monoisotopic (exact) mass is 318 g/mol. The standard InChI is InChI=1S/C18H26N2O3/c1-22-18-11-5-10-17(21)20(18)19-12-6-9-16(19)14-23-13-15-7-3-2-4-8-15/h2-4,7-8,16,18H,5-6,9-14H2,1H3/t16-,18+/m0/s1. The summed E-state index contributed by atoms with van der Waals surface area (Å²) in [5.41, 5.74) is 1.18. The number of methoxy groups -OCH3 is 1. The molecule has 1 aromatic carbocycles. The summed E-state index contributed by atoms with van der Waals surface area (Å²) in [7, 11) is 1.69. The fourth-order valence-corrected chi connectivity index (χ4v) is 3.51. The number of hydrogen-bond donors (Lipinski definition) is 0. The van der Waals surface area contributed by atoms with Crippen LogP contribution in [0.15, 0.2) is 30.3 Å². The van der Waals surface area contributed by atoms with Gasteiger partial charge < -0.3 is 9.47 Å². The highest BCUT2D eigenvalue weighted by Crippen LogP contribution is 2.27. The first-order valence-corrected chi connectivity index (χ1v) is 8.52. The molecule has 0 bridgehead atoms. The van der Waals surface area contributed by atoms with Crippen molar-refractivity contribution in [3.05, 3.63) is 35.9 Å². The molecule has 126 valence electrons. The molecule has 3 rings (SSSR count). The van der Waals surface area contributed by atoms with Gasteiger partial charge in [0.25, 0.3) is 0 Å². The van der Waals surface area contributed by atoms with E-state index in [-0.39, 0.29) is 18.2 Å². The lowest BCUT2D eigenvalue weighted by Crippen LogP contribution is -2.57. The van der Waals surface area contributed by atoms with Gasteiger partial charge in [0.15, 0.2) is 0 Å². The highest BCUT2D eigenvalue weighted by Gasteiger charge is 2.38. The molecule has 2 atom stereocenters. The van der Waals surface area contributed by atoms with Crippen molar-refractivity contribution >= 4 is 5.91 Å². The van der Waals surface area contributed by atoms with Crippen LogP contribution < -0.4 is 0 Å². The topological polar surface area (TPSA) is 42.0 Å². The Bertz CT molecular complexity index is 508. The first kappa shape index (κ1) is 16.4. The van der Waals surface area contributed by atoms with Crippen molar-refractivity contribution in [3.8, 4) is 0 Å². The second-order valence-corrected chi connectivity index (χ2v) is 6.28. The molecule has 0 aromatic heterocycles. The minimum Gasteiger partial charge on any atom is -0.375 e. The van der Waals surface area contributed by atoms with Crippen molar-refractivity contribution in [3.63, 3.8) is 0 Å². The van der Waals surface area contributed by atoms with Crippen LogP contribution in [0.3, 0.4) is 0 Å². The SMILES string of the molecule is CO[C@@H]1CCCC(=O)N1N1CCC[C@H]1COCc1ccccc1. The van der Waals surface area contributed by atoms with Crippen molar-refractivity contribution in [1.82, 2.24) is 10.0 Å². The number of rotatable bonds is 6. The van der Waals surface area contributed by atoms with E-state index in [9.17, 15) is 4.79 Å². The van der Waals surface area contributed by atoms with E-state index in [4.69, 9.17) is 9.47 Å². The average molecular weight is 318 g/mol. The van der Waals surface area contributed by atoms with E-state index in [1.165, 1.54) is 5.56 Å². The molecule has 0 N–H and O–H groups in total. The van der Waals surface area contributed by atoms with Crippen molar-refractivity contribution in [1.29, 1.82) is 0 Å². The molecule has 0 aliphatic carbocycles. The molecule has 1 aromatic rings. The lowest BCUT2D eigenvalue weighted by molar-refractivity contribution is -0.197. The molecule has 5 nitrogen and oxygen atoms in total.